The van der Waals surface area contributed by atoms with Crippen LogP contribution in [-0.2, 0) is 6.18 Å². The number of hydrogen-bond donors (Lipinski definition) is 1. The average molecular weight is 346 g/mol. The van der Waals surface area contributed by atoms with Crippen molar-refractivity contribution >= 4 is 23.1 Å². The zero-order valence-electron chi connectivity index (χ0n) is 12.9. The molecule has 1 atom stereocenters. The van der Waals surface area contributed by atoms with Crippen molar-refractivity contribution in [2.24, 2.45) is 4.99 Å². The predicted octanol–water partition coefficient (Wildman–Crippen LogP) is 4.25. The molecule has 25 heavy (non-hydrogen) atoms. The minimum atomic E-state index is -4.47. The molecule has 8 heteroatoms. The van der Waals surface area contributed by atoms with Gasteiger partial charge in [-0.2, -0.15) is 13.2 Å². The summed E-state index contributed by atoms with van der Waals surface area (Å²) in [7, 11) is 0. The number of benzene rings is 1. The Morgan fingerprint density at radius 2 is 2.08 bits per heavy atom. The lowest BCUT2D eigenvalue weighted by Crippen LogP contribution is -2.14. The lowest BCUT2D eigenvalue weighted by molar-refractivity contribution is -0.140. The van der Waals surface area contributed by atoms with Crippen molar-refractivity contribution < 1.29 is 17.9 Å². The van der Waals surface area contributed by atoms with Crippen LogP contribution in [0.5, 0.6) is 5.75 Å². The smallest absolute Gasteiger partial charge is 0.431 e. The summed E-state index contributed by atoms with van der Waals surface area (Å²) in [6.45, 7) is 0.565. The van der Waals surface area contributed by atoms with Crippen molar-refractivity contribution in [3.63, 3.8) is 0 Å². The largest absolute Gasteiger partial charge is 0.493 e. The Kier molecular flexibility index (Phi) is 3.67. The van der Waals surface area contributed by atoms with Crippen LogP contribution in [0.1, 0.15) is 23.6 Å². The Balaban J connectivity index is 1.70. The zero-order chi connectivity index (χ0) is 17.4. The van der Waals surface area contributed by atoms with Crippen molar-refractivity contribution in [3.05, 3.63) is 47.9 Å². The summed E-state index contributed by atoms with van der Waals surface area (Å²) in [6, 6.07) is 8.64. The quantitative estimate of drug-likeness (QED) is 0.706. The van der Waals surface area contributed by atoms with E-state index in [1.165, 1.54) is 6.33 Å². The predicted molar refractivity (Wildman–Crippen MR) is 86.3 cm³/mol. The Morgan fingerprint density at radius 1 is 1.24 bits per heavy atom. The molecule has 3 aromatic rings. The number of aromatic nitrogens is 3. The molecule has 1 aromatic carbocycles. The van der Waals surface area contributed by atoms with Crippen LogP contribution in [0.15, 0.2) is 41.7 Å². The number of nitrogens with zero attached hydrogens (tertiary/aromatic N) is 3. The molecule has 1 aliphatic heterocycles. The summed E-state index contributed by atoms with van der Waals surface area (Å²) in [4.78, 5) is 14.5. The van der Waals surface area contributed by atoms with Gasteiger partial charge in [-0.25, -0.2) is 15.0 Å². The van der Waals surface area contributed by atoms with E-state index in [0.717, 1.165) is 23.8 Å². The molecular weight excluding hydrogens is 333 g/mol. The molecule has 1 N–H and O–H groups in total. The molecule has 0 saturated heterocycles. The van der Waals surface area contributed by atoms with Crippen molar-refractivity contribution in [1.29, 1.82) is 0 Å². The second-order valence-corrected chi connectivity index (χ2v) is 5.70. The monoisotopic (exact) mass is 346 g/mol. The van der Waals surface area contributed by atoms with Crippen molar-refractivity contribution in [2.45, 2.75) is 18.5 Å². The maximum absolute atomic E-state index is 12.9. The van der Waals surface area contributed by atoms with Gasteiger partial charge < -0.3 is 9.72 Å². The minimum Gasteiger partial charge on any atom is -0.493 e. The highest BCUT2D eigenvalue weighted by atomic mass is 19.4. The number of fused-ring (bicyclic) bond motifs is 2. The van der Waals surface area contributed by atoms with Gasteiger partial charge in [-0.3, -0.25) is 0 Å². The second-order valence-electron chi connectivity index (χ2n) is 5.70. The third kappa shape index (κ3) is 2.95. The van der Waals surface area contributed by atoms with E-state index >= 15 is 0 Å². The first-order valence-electron chi connectivity index (χ1n) is 7.69. The molecule has 1 aliphatic rings. The van der Waals surface area contributed by atoms with E-state index in [-0.39, 0.29) is 22.8 Å². The molecule has 4 rings (SSSR count). The Labute approximate surface area is 140 Å². The van der Waals surface area contributed by atoms with Gasteiger partial charge in [0, 0.05) is 17.7 Å². The van der Waals surface area contributed by atoms with Gasteiger partial charge in [-0.15, -0.1) is 0 Å². The summed E-state index contributed by atoms with van der Waals surface area (Å²) in [5, 5.41) is 0.242. The van der Waals surface area contributed by atoms with E-state index in [9.17, 15) is 13.2 Å². The Bertz CT molecular complexity index is 948. The molecule has 0 aliphatic carbocycles. The van der Waals surface area contributed by atoms with Gasteiger partial charge in [-0.05, 0) is 18.6 Å². The summed E-state index contributed by atoms with van der Waals surface area (Å²) < 4.78 is 44.2. The maximum atomic E-state index is 12.9. The average Bonchev–Trinajstić information content (AvgIpc) is 3.05. The van der Waals surface area contributed by atoms with E-state index in [0.29, 0.717) is 6.61 Å². The number of hydrogen-bond acceptors (Lipinski definition) is 4. The highest BCUT2D eigenvalue weighted by Gasteiger charge is 2.33. The summed E-state index contributed by atoms with van der Waals surface area (Å²) in [6.07, 6.45) is -0.815. The number of nitrogens with one attached hydrogen (secondary N) is 1. The summed E-state index contributed by atoms with van der Waals surface area (Å²) in [5.41, 5.74) is 0.255. The van der Waals surface area contributed by atoms with E-state index < -0.39 is 11.9 Å². The van der Waals surface area contributed by atoms with E-state index in [1.54, 1.807) is 6.21 Å². The fourth-order valence-electron chi connectivity index (χ4n) is 2.87. The van der Waals surface area contributed by atoms with E-state index in [4.69, 9.17) is 4.74 Å². The number of halogens is 3. The van der Waals surface area contributed by atoms with Gasteiger partial charge in [0.25, 0.3) is 0 Å². The molecule has 0 saturated carbocycles. The third-order valence-corrected chi connectivity index (χ3v) is 4.09. The van der Waals surface area contributed by atoms with Gasteiger partial charge in [0.15, 0.2) is 5.82 Å². The van der Waals surface area contributed by atoms with Crippen LogP contribution in [0.4, 0.5) is 19.0 Å². The molecule has 5 nitrogen and oxygen atoms in total. The highest BCUT2D eigenvalue weighted by Crippen LogP contribution is 2.35. The van der Waals surface area contributed by atoms with Gasteiger partial charge >= 0.3 is 6.18 Å². The molecule has 2 aromatic heterocycles. The molecular formula is C17H13F3N4O. The Hall–Kier alpha value is -2.90. The van der Waals surface area contributed by atoms with Crippen molar-refractivity contribution in [3.8, 4) is 5.75 Å². The van der Waals surface area contributed by atoms with Gasteiger partial charge in [0.2, 0.25) is 0 Å². The molecule has 0 amide bonds. The van der Waals surface area contributed by atoms with Gasteiger partial charge in [0.05, 0.1) is 12.0 Å². The number of alkyl halides is 3. The first-order valence-corrected chi connectivity index (χ1v) is 7.69. The lowest BCUT2D eigenvalue weighted by atomic mass is 9.94. The molecule has 0 bridgehead atoms. The number of para-hydroxylation sites is 1. The molecule has 0 fully saturated rings. The fourth-order valence-corrected chi connectivity index (χ4v) is 2.87. The lowest BCUT2D eigenvalue weighted by Gasteiger charge is -2.22. The SMILES string of the molecule is FC(F)(F)c1cc2c(/N=C\C3CCOc4ccccc43)ncnc2[nH]1. The fraction of sp³-hybridized carbons (Fsp3) is 0.235. The van der Waals surface area contributed by atoms with Crippen LogP contribution in [-0.4, -0.2) is 27.8 Å². The van der Waals surface area contributed by atoms with Crippen LogP contribution in [0, 0.1) is 0 Å². The maximum Gasteiger partial charge on any atom is 0.431 e. The summed E-state index contributed by atoms with van der Waals surface area (Å²) in [5.74, 6) is 1.04. The molecule has 3 heterocycles. The summed E-state index contributed by atoms with van der Waals surface area (Å²) >= 11 is 0. The number of aliphatic imine (C=N–C) groups is 1. The molecule has 0 radical (unpaired) electrons. The molecule has 128 valence electrons. The highest BCUT2D eigenvalue weighted by molar-refractivity contribution is 5.88. The van der Waals surface area contributed by atoms with Crippen LogP contribution < -0.4 is 4.74 Å². The van der Waals surface area contributed by atoms with Crippen molar-refractivity contribution in [1.82, 2.24) is 15.0 Å². The van der Waals surface area contributed by atoms with Crippen LogP contribution >= 0.6 is 0 Å². The zero-order valence-corrected chi connectivity index (χ0v) is 12.9. The number of ether oxygens (including phenoxy) is 1. The van der Waals surface area contributed by atoms with E-state index in [2.05, 4.69) is 19.9 Å². The van der Waals surface area contributed by atoms with Gasteiger partial charge in [0.1, 0.15) is 23.4 Å². The van der Waals surface area contributed by atoms with Crippen LogP contribution in [0.25, 0.3) is 11.0 Å². The van der Waals surface area contributed by atoms with E-state index in [1.807, 2.05) is 24.3 Å². The topological polar surface area (TPSA) is 63.2 Å². The Morgan fingerprint density at radius 3 is 2.92 bits per heavy atom. The first-order chi connectivity index (χ1) is 12.0. The van der Waals surface area contributed by atoms with Crippen LogP contribution in [0.3, 0.4) is 0 Å². The third-order valence-electron chi connectivity index (χ3n) is 4.09. The van der Waals surface area contributed by atoms with Crippen molar-refractivity contribution in [2.75, 3.05) is 6.61 Å². The minimum absolute atomic E-state index is 0.0241. The standard InChI is InChI=1S/C17H13F3N4O/c18-17(19,20)14-7-12-15(22-9-23-16(12)24-14)21-8-10-5-6-25-13-4-2-1-3-11(10)13/h1-4,7-10H,5-6H2,(H,22,23,24)/b21-8-. The normalized spacial score (nSPS) is 17.6. The second kappa shape index (κ2) is 5.87. The van der Waals surface area contributed by atoms with Gasteiger partial charge in [-0.1, -0.05) is 18.2 Å². The molecule has 1 unspecified atom stereocenters. The molecule has 0 spiro atoms. The first kappa shape index (κ1) is 15.6. The number of rotatable bonds is 2. The number of H-pyrrole nitrogens is 1. The van der Waals surface area contributed by atoms with Crippen LogP contribution in [0.2, 0.25) is 0 Å². The number of aromatic amines is 1.